The molecule has 0 radical (unpaired) electrons. The van der Waals surface area contributed by atoms with E-state index in [1.165, 1.54) is 28.1 Å². The van der Waals surface area contributed by atoms with Crippen LogP contribution in [0.15, 0.2) is 0 Å². The van der Waals surface area contributed by atoms with Crippen molar-refractivity contribution in [3.8, 4) is 0 Å². The summed E-state index contributed by atoms with van der Waals surface area (Å²) in [6.45, 7) is 19.4. The fourth-order valence-corrected chi connectivity index (χ4v) is 10.1. The Bertz CT molecular complexity index is 1540. The van der Waals surface area contributed by atoms with Crippen molar-refractivity contribution in [1.82, 2.24) is 10.2 Å². The summed E-state index contributed by atoms with van der Waals surface area (Å²) in [5, 5.41) is 26.2. The molecule has 18 atom stereocenters. The quantitative estimate of drug-likeness (QED) is 0.0962. The minimum atomic E-state index is -2.01. The minimum Gasteiger partial charge on any atom is -0.459 e. The fraction of sp³-hybridized carbons (Fsp3) is 0.915. The Morgan fingerprint density at radius 2 is 1.48 bits per heavy atom. The van der Waals surface area contributed by atoms with Crippen molar-refractivity contribution < 1.29 is 72.0 Å². The number of nitrogens with zero attached hydrogens (tertiary/aromatic N) is 1. The standard InChI is InChI=1S/C47H85N3O15/c1-16-34-47(11,56)39(53)28(4)36(52)26(2)24-45(9,57-14)40(64-43-38(61-32(8)51)33(50(12)13)23-27(3)59-43)29(5)37(30(6)42(54)62-34)63-35-25-46(10,58-15)41(31(7)60-35)65-44(55)49-22-20-18-17-19-21-48/h26-31,33-35,37-41,43,53,56H,16-25,48H2,1-15H3,(H,49,55)/t26-,27-,28-,29-,30-,31+,33+,34+,35+,37+,38-,39+,40?,41+,43+,45-,46-,47-/m1/s1. The molecule has 3 fully saturated rings. The molecule has 18 nitrogen and oxygen atoms in total. The maximum absolute atomic E-state index is 14.5. The largest absolute Gasteiger partial charge is 0.459 e. The zero-order chi connectivity index (χ0) is 49.2. The maximum atomic E-state index is 14.5. The van der Waals surface area contributed by atoms with E-state index in [4.69, 9.17) is 48.4 Å². The number of aliphatic hydroxyl groups is 2. The van der Waals surface area contributed by atoms with Crippen molar-refractivity contribution in [2.24, 2.45) is 29.4 Å². The number of methoxy groups -OCH3 is 2. The number of nitrogens with one attached hydrogen (secondary N) is 1. The molecule has 0 aromatic carbocycles. The molecule has 0 aromatic rings. The van der Waals surface area contributed by atoms with E-state index < -0.39 is 114 Å². The lowest BCUT2D eigenvalue weighted by Gasteiger charge is -2.50. The van der Waals surface area contributed by atoms with Crippen LogP contribution in [0.2, 0.25) is 0 Å². The van der Waals surface area contributed by atoms with Crippen LogP contribution in [0.25, 0.3) is 0 Å². The number of unbranched alkanes of at least 4 members (excludes halogenated alkanes) is 3. The van der Waals surface area contributed by atoms with Gasteiger partial charge in [-0.15, -0.1) is 0 Å². The maximum Gasteiger partial charge on any atom is 0.407 e. The molecule has 3 aliphatic heterocycles. The molecule has 3 saturated heterocycles. The number of hydrogen-bond donors (Lipinski definition) is 4. The van der Waals surface area contributed by atoms with Gasteiger partial charge in [0, 0.05) is 51.9 Å². The first-order valence-electron chi connectivity index (χ1n) is 23.7. The second-order valence-electron chi connectivity index (χ2n) is 19.7. The molecule has 5 N–H and O–H groups in total. The van der Waals surface area contributed by atoms with Gasteiger partial charge >= 0.3 is 18.0 Å². The number of aliphatic hydroxyl groups excluding tert-OH is 1. The lowest BCUT2D eigenvalue weighted by molar-refractivity contribution is -0.320. The number of Topliss-reactive ketones (excluding diaryl/α,β-unsaturated/α-hetero) is 1. The van der Waals surface area contributed by atoms with Gasteiger partial charge in [0.1, 0.15) is 23.1 Å². The SMILES string of the molecule is CC[C@@H]1OC(=O)[C@H](C)[C@@H](O[C@H]2C[C@@](C)(OC)[C@@H](OC(=O)NCCCCCCN)[C@H](C)O2)[C@@H](C)C(O[C@@H]2O[C@H](C)C[C@H](N(C)C)[C@H]2OC(C)=O)[C@](C)(OC)C[C@@H](C)C(=O)[C@@H](C)[C@H](O)[C@]1(C)O. The van der Waals surface area contributed by atoms with Crippen LogP contribution < -0.4 is 11.1 Å². The molecule has 1 unspecified atom stereocenters. The van der Waals surface area contributed by atoms with Gasteiger partial charge in [-0.2, -0.15) is 0 Å². The Morgan fingerprint density at radius 1 is 0.862 bits per heavy atom. The van der Waals surface area contributed by atoms with E-state index in [1.807, 2.05) is 32.8 Å². The second kappa shape index (κ2) is 24.7. The molecule has 0 saturated carbocycles. The average molecular weight is 932 g/mol. The number of carbonyl (C=O) groups is 4. The predicted molar refractivity (Wildman–Crippen MR) is 240 cm³/mol. The molecule has 378 valence electrons. The zero-order valence-electron chi connectivity index (χ0n) is 42.0. The lowest BCUT2D eigenvalue weighted by atomic mass is 9.74. The molecule has 18 heteroatoms. The average Bonchev–Trinajstić information content (AvgIpc) is 3.24. The van der Waals surface area contributed by atoms with Crippen molar-refractivity contribution in [3.63, 3.8) is 0 Å². The number of carbonyl (C=O) groups excluding carboxylic acids is 4. The highest BCUT2D eigenvalue weighted by molar-refractivity contribution is 5.83. The molecule has 3 aliphatic rings. The summed E-state index contributed by atoms with van der Waals surface area (Å²) < 4.78 is 57.3. The number of likely N-dealkylation sites (N-methyl/N-ethyl adjacent to an activating group) is 1. The van der Waals surface area contributed by atoms with Crippen LogP contribution in [0.4, 0.5) is 4.79 Å². The van der Waals surface area contributed by atoms with Gasteiger partial charge in [0.05, 0.1) is 48.1 Å². The van der Waals surface area contributed by atoms with Gasteiger partial charge in [0.2, 0.25) is 0 Å². The number of nitrogens with two attached hydrogens (primary N) is 1. The highest BCUT2D eigenvalue weighted by Crippen LogP contribution is 2.42. The summed E-state index contributed by atoms with van der Waals surface area (Å²) in [6, 6.07) is -0.305. The zero-order valence-corrected chi connectivity index (χ0v) is 42.0. The highest BCUT2D eigenvalue weighted by Gasteiger charge is 2.55. The summed E-state index contributed by atoms with van der Waals surface area (Å²) in [5.74, 6) is -5.33. The first kappa shape index (κ1) is 56.8. The Kier molecular flexibility index (Phi) is 21.6. The Morgan fingerprint density at radius 3 is 2.05 bits per heavy atom. The minimum absolute atomic E-state index is 0.0599. The van der Waals surface area contributed by atoms with Gasteiger partial charge in [-0.3, -0.25) is 14.4 Å². The van der Waals surface area contributed by atoms with Crippen molar-refractivity contribution >= 4 is 23.8 Å². The normalized spacial score (nSPS) is 41.3. The lowest BCUT2D eigenvalue weighted by Crippen LogP contribution is -2.62. The molecule has 0 spiro atoms. The van der Waals surface area contributed by atoms with E-state index in [9.17, 15) is 29.4 Å². The van der Waals surface area contributed by atoms with Gasteiger partial charge in [0.15, 0.2) is 24.8 Å². The molecule has 0 bridgehead atoms. The fourth-order valence-electron chi connectivity index (χ4n) is 10.1. The number of ether oxygens (including phenoxy) is 9. The van der Waals surface area contributed by atoms with Crippen molar-refractivity contribution in [2.75, 3.05) is 41.4 Å². The van der Waals surface area contributed by atoms with Crippen molar-refractivity contribution in [3.05, 3.63) is 0 Å². The molecular formula is C47H85N3O15. The van der Waals surface area contributed by atoms with Crippen molar-refractivity contribution in [1.29, 1.82) is 0 Å². The van der Waals surface area contributed by atoms with Gasteiger partial charge in [-0.1, -0.05) is 40.5 Å². The third-order valence-electron chi connectivity index (χ3n) is 14.1. The molecule has 3 heterocycles. The van der Waals surface area contributed by atoms with Crippen LogP contribution in [-0.2, 0) is 57.0 Å². The van der Waals surface area contributed by atoms with Crippen molar-refractivity contribution in [2.45, 2.75) is 212 Å². The number of hydrogen-bond acceptors (Lipinski definition) is 17. The monoisotopic (exact) mass is 932 g/mol. The predicted octanol–water partition coefficient (Wildman–Crippen LogP) is 4.26. The van der Waals surface area contributed by atoms with Crippen LogP contribution in [0, 0.1) is 23.7 Å². The van der Waals surface area contributed by atoms with E-state index in [0.717, 1.165) is 25.7 Å². The second-order valence-corrected chi connectivity index (χ2v) is 19.7. The summed E-state index contributed by atoms with van der Waals surface area (Å²) in [5.41, 5.74) is 1.13. The smallest absolute Gasteiger partial charge is 0.407 e. The van der Waals surface area contributed by atoms with Gasteiger partial charge in [0.25, 0.3) is 0 Å². The number of alkyl carbamates (subject to hydrolysis) is 1. The van der Waals surface area contributed by atoms with Crippen LogP contribution in [0.1, 0.15) is 128 Å². The van der Waals surface area contributed by atoms with E-state index in [2.05, 4.69) is 5.32 Å². The molecule has 0 aliphatic carbocycles. The summed E-state index contributed by atoms with van der Waals surface area (Å²) in [4.78, 5) is 56.4. The summed E-state index contributed by atoms with van der Waals surface area (Å²) in [6.07, 6.45) is -6.21. The first-order chi connectivity index (χ1) is 30.3. The molecule has 0 aromatic heterocycles. The van der Waals surface area contributed by atoms with Gasteiger partial charge in [-0.25, -0.2) is 4.79 Å². The Labute approximate surface area is 387 Å². The van der Waals surface area contributed by atoms with Gasteiger partial charge < -0.3 is 68.8 Å². The number of cyclic esters (lactones) is 1. The molecule has 3 rings (SSSR count). The van der Waals surface area contributed by atoms with E-state index >= 15 is 0 Å². The number of ketones is 1. The molecule has 1 amide bonds. The molecule has 65 heavy (non-hydrogen) atoms. The third kappa shape index (κ3) is 14.3. The van der Waals surface area contributed by atoms with Gasteiger partial charge in [-0.05, 0) is 94.3 Å². The van der Waals surface area contributed by atoms with Crippen LogP contribution in [-0.4, -0.2) is 165 Å². The topological polar surface area (TPSA) is 233 Å². The van der Waals surface area contributed by atoms with Crippen LogP contribution in [0.3, 0.4) is 0 Å². The van der Waals surface area contributed by atoms with E-state index in [1.54, 1.807) is 48.5 Å². The Balaban J connectivity index is 2.17. The molecular weight excluding hydrogens is 847 g/mol. The summed E-state index contributed by atoms with van der Waals surface area (Å²) >= 11 is 0. The van der Waals surface area contributed by atoms with Crippen LogP contribution in [0.5, 0.6) is 0 Å². The van der Waals surface area contributed by atoms with E-state index in [0.29, 0.717) is 19.5 Å². The van der Waals surface area contributed by atoms with Crippen LogP contribution >= 0.6 is 0 Å². The number of esters is 2. The Hall–Kier alpha value is -2.52. The first-order valence-corrected chi connectivity index (χ1v) is 23.7. The number of amides is 1. The number of rotatable bonds is 16. The summed E-state index contributed by atoms with van der Waals surface area (Å²) in [7, 11) is 6.77. The third-order valence-corrected chi connectivity index (χ3v) is 14.1. The highest BCUT2D eigenvalue weighted by atomic mass is 16.7. The van der Waals surface area contributed by atoms with E-state index in [-0.39, 0.29) is 37.2 Å².